The number of hydrogen-bond acceptors (Lipinski definition) is 4. The van der Waals surface area contributed by atoms with Gasteiger partial charge in [-0.05, 0) is 45.8 Å². The van der Waals surface area contributed by atoms with Crippen LogP contribution in [0.3, 0.4) is 0 Å². The van der Waals surface area contributed by atoms with Crippen molar-refractivity contribution >= 4 is 33.5 Å². The molecule has 0 aromatic heterocycles. The normalized spacial score (nSPS) is 10.7. The molecule has 0 saturated carbocycles. The van der Waals surface area contributed by atoms with Gasteiger partial charge in [0, 0.05) is 12.1 Å². The van der Waals surface area contributed by atoms with Crippen LogP contribution in [0.15, 0.2) is 52.0 Å². The molecule has 0 aliphatic rings. The van der Waals surface area contributed by atoms with E-state index in [1.54, 1.807) is 24.3 Å². The van der Waals surface area contributed by atoms with Gasteiger partial charge in [0.1, 0.15) is 5.82 Å². The standard InChI is InChI=1S/C13H9BrFN3O2/c14-12-7-9(1-6-13(12)15)8-16-17-10-2-4-11(5-3-10)18(19)20/h1-8,17H/b16-8+. The summed E-state index contributed by atoms with van der Waals surface area (Å²) in [6.45, 7) is 0. The highest BCUT2D eigenvalue weighted by atomic mass is 79.9. The molecule has 0 radical (unpaired) electrons. The van der Waals surface area contributed by atoms with Crippen LogP contribution in [0.4, 0.5) is 15.8 Å². The number of non-ortho nitro benzene ring substituents is 1. The molecule has 2 aromatic rings. The molecule has 2 aromatic carbocycles. The highest BCUT2D eigenvalue weighted by Gasteiger charge is 2.03. The van der Waals surface area contributed by atoms with E-state index >= 15 is 0 Å². The second kappa shape index (κ2) is 6.25. The van der Waals surface area contributed by atoms with E-state index in [4.69, 9.17) is 0 Å². The lowest BCUT2D eigenvalue weighted by molar-refractivity contribution is -0.384. The van der Waals surface area contributed by atoms with Crippen LogP contribution >= 0.6 is 15.9 Å². The summed E-state index contributed by atoms with van der Waals surface area (Å²) < 4.78 is 13.4. The van der Waals surface area contributed by atoms with Gasteiger partial charge >= 0.3 is 0 Å². The average Bonchev–Trinajstić information content (AvgIpc) is 2.43. The molecule has 0 saturated heterocycles. The molecule has 5 nitrogen and oxygen atoms in total. The molecule has 102 valence electrons. The molecule has 0 atom stereocenters. The number of hydrazone groups is 1. The van der Waals surface area contributed by atoms with Gasteiger partial charge in [0.25, 0.3) is 5.69 Å². The zero-order valence-electron chi connectivity index (χ0n) is 10.1. The molecule has 20 heavy (non-hydrogen) atoms. The topological polar surface area (TPSA) is 67.5 Å². The molecule has 0 bridgehead atoms. The molecular formula is C13H9BrFN3O2. The molecule has 0 aliphatic heterocycles. The molecular weight excluding hydrogens is 329 g/mol. The lowest BCUT2D eigenvalue weighted by atomic mass is 10.2. The minimum absolute atomic E-state index is 0.0157. The molecule has 1 N–H and O–H groups in total. The summed E-state index contributed by atoms with van der Waals surface area (Å²) in [5.41, 5.74) is 4.08. The minimum Gasteiger partial charge on any atom is -0.278 e. The molecule has 0 heterocycles. The van der Waals surface area contributed by atoms with E-state index < -0.39 is 4.92 Å². The summed E-state index contributed by atoms with van der Waals surface area (Å²) in [6.07, 6.45) is 1.52. The molecule has 7 heteroatoms. The molecule has 0 aliphatic carbocycles. The number of nitro benzene ring substituents is 1. The second-order valence-electron chi connectivity index (χ2n) is 3.85. The van der Waals surface area contributed by atoms with Gasteiger partial charge in [0.2, 0.25) is 0 Å². The Morgan fingerprint density at radius 2 is 1.95 bits per heavy atom. The largest absolute Gasteiger partial charge is 0.278 e. The predicted molar refractivity (Wildman–Crippen MR) is 78.4 cm³/mol. The lowest BCUT2D eigenvalue weighted by Gasteiger charge is -2.00. The van der Waals surface area contributed by atoms with Gasteiger partial charge in [-0.25, -0.2) is 4.39 Å². The fourth-order valence-electron chi connectivity index (χ4n) is 1.43. The first-order chi connectivity index (χ1) is 9.56. The predicted octanol–water partition coefficient (Wildman–Crippen LogP) is 3.94. The Morgan fingerprint density at radius 1 is 1.25 bits per heavy atom. The van der Waals surface area contributed by atoms with Crippen molar-refractivity contribution < 1.29 is 9.31 Å². The van der Waals surface area contributed by atoms with Gasteiger partial charge in [0.05, 0.1) is 21.3 Å². The third-order valence-corrected chi connectivity index (χ3v) is 3.04. The number of nitrogens with one attached hydrogen (secondary N) is 1. The summed E-state index contributed by atoms with van der Waals surface area (Å²) in [4.78, 5) is 10.0. The van der Waals surface area contributed by atoms with Crippen LogP contribution in [0.25, 0.3) is 0 Å². The fraction of sp³-hybridized carbons (Fsp3) is 0. The number of anilines is 1. The maximum Gasteiger partial charge on any atom is 0.269 e. The van der Waals surface area contributed by atoms with Gasteiger partial charge in [-0.1, -0.05) is 6.07 Å². The molecule has 2 rings (SSSR count). The van der Waals surface area contributed by atoms with Crippen LogP contribution in [-0.4, -0.2) is 11.1 Å². The van der Waals surface area contributed by atoms with Crippen LogP contribution in [0.1, 0.15) is 5.56 Å². The number of nitro groups is 1. The van der Waals surface area contributed by atoms with E-state index in [0.29, 0.717) is 15.7 Å². The minimum atomic E-state index is -0.469. The summed E-state index contributed by atoms with van der Waals surface area (Å²) in [5.74, 6) is -0.342. The summed E-state index contributed by atoms with van der Waals surface area (Å²) in [6, 6.07) is 10.4. The van der Waals surface area contributed by atoms with Crippen LogP contribution in [-0.2, 0) is 0 Å². The number of hydrogen-bond donors (Lipinski definition) is 1. The third kappa shape index (κ3) is 3.61. The number of benzene rings is 2. The highest BCUT2D eigenvalue weighted by molar-refractivity contribution is 9.10. The Balaban J connectivity index is 2.02. The van der Waals surface area contributed by atoms with E-state index in [1.165, 1.54) is 24.4 Å². The van der Waals surface area contributed by atoms with Crippen molar-refractivity contribution in [1.82, 2.24) is 0 Å². The first-order valence-electron chi connectivity index (χ1n) is 5.55. The van der Waals surface area contributed by atoms with Crippen molar-refractivity contribution in [1.29, 1.82) is 0 Å². The Kier molecular flexibility index (Phi) is 4.41. The third-order valence-electron chi connectivity index (χ3n) is 2.43. The lowest BCUT2D eigenvalue weighted by Crippen LogP contribution is -1.92. The van der Waals surface area contributed by atoms with E-state index in [9.17, 15) is 14.5 Å². The van der Waals surface area contributed by atoms with Crippen molar-refractivity contribution in [3.8, 4) is 0 Å². The Bertz CT molecular complexity index is 659. The Morgan fingerprint density at radius 3 is 2.55 bits per heavy atom. The SMILES string of the molecule is O=[N+]([O-])c1ccc(N/N=C/c2ccc(F)c(Br)c2)cc1. The van der Waals surface area contributed by atoms with Gasteiger partial charge in [0.15, 0.2) is 0 Å². The molecule has 0 amide bonds. The monoisotopic (exact) mass is 337 g/mol. The maximum atomic E-state index is 13.0. The van der Waals surface area contributed by atoms with Gasteiger partial charge in [-0.2, -0.15) is 5.10 Å². The van der Waals surface area contributed by atoms with E-state index in [1.807, 2.05) is 0 Å². The number of nitrogens with zero attached hydrogens (tertiary/aromatic N) is 2. The number of rotatable bonds is 4. The van der Waals surface area contributed by atoms with Gasteiger partial charge in [-0.15, -0.1) is 0 Å². The van der Waals surface area contributed by atoms with Crippen LogP contribution in [0.5, 0.6) is 0 Å². The van der Waals surface area contributed by atoms with Gasteiger partial charge < -0.3 is 0 Å². The van der Waals surface area contributed by atoms with Crippen molar-refractivity contribution in [2.45, 2.75) is 0 Å². The fourth-order valence-corrected chi connectivity index (χ4v) is 1.83. The Hall–Kier alpha value is -2.28. The summed E-state index contributed by atoms with van der Waals surface area (Å²) in [5, 5.41) is 14.5. The highest BCUT2D eigenvalue weighted by Crippen LogP contribution is 2.17. The zero-order chi connectivity index (χ0) is 14.5. The van der Waals surface area contributed by atoms with Crippen molar-refractivity contribution in [3.05, 3.63) is 68.4 Å². The van der Waals surface area contributed by atoms with Crippen molar-refractivity contribution in [2.75, 3.05) is 5.43 Å². The average molecular weight is 338 g/mol. The van der Waals surface area contributed by atoms with Crippen LogP contribution < -0.4 is 5.43 Å². The van der Waals surface area contributed by atoms with Crippen molar-refractivity contribution in [2.24, 2.45) is 5.10 Å². The quantitative estimate of drug-likeness (QED) is 0.522. The zero-order valence-corrected chi connectivity index (χ0v) is 11.7. The first-order valence-corrected chi connectivity index (χ1v) is 6.34. The van der Waals surface area contributed by atoms with E-state index in [0.717, 1.165) is 0 Å². The smallest absolute Gasteiger partial charge is 0.269 e. The molecule has 0 spiro atoms. The van der Waals surface area contributed by atoms with E-state index in [-0.39, 0.29) is 11.5 Å². The van der Waals surface area contributed by atoms with Crippen molar-refractivity contribution in [3.63, 3.8) is 0 Å². The van der Waals surface area contributed by atoms with Gasteiger partial charge in [-0.3, -0.25) is 15.5 Å². The first kappa shape index (κ1) is 14.1. The Labute approximate surface area is 122 Å². The van der Waals surface area contributed by atoms with Crippen LogP contribution in [0, 0.1) is 15.9 Å². The molecule has 0 fully saturated rings. The summed E-state index contributed by atoms with van der Waals surface area (Å²) in [7, 11) is 0. The maximum absolute atomic E-state index is 13.0. The summed E-state index contributed by atoms with van der Waals surface area (Å²) >= 11 is 3.08. The number of halogens is 2. The van der Waals surface area contributed by atoms with Crippen LogP contribution in [0.2, 0.25) is 0 Å². The molecule has 0 unspecified atom stereocenters. The van der Waals surface area contributed by atoms with E-state index in [2.05, 4.69) is 26.5 Å². The second-order valence-corrected chi connectivity index (χ2v) is 4.70.